The number of hydrogen-bond donors (Lipinski definition) is 1. The van der Waals surface area contributed by atoms with E-state index in [0.29, 0.717) is 37.3 Å². The molecule has 3 heterocycles. The fraction of sp³-hybridized carbons (Fsp3) is 0.273. The highest BCUT2D eigenvalue weighted by atomic mass is 32.2. The molecule has 9 nitrogen and oxygen atoms in total. The van der Waals surface area contributed by atoms with Crippen LogP contribution in [0.3, 0.4) is 0 Å². The predicted octanol–water partition coefficient (Wildman–Crippen LogP) is 4.82. The number of rotatable bonds is 10. The number of benzene rings is 3. The van der Waals surface area contributed by atoms with Crippen LogP contribution in [-0.4, -0.2) is 85.0 Å². The number of carbonyl (C=O) groups is 2. The van der Waals surface area contributed by atoms with Crippen LogP contribution in [0.5, 0.6) is 0 Å². The first-order valence-electron chi connectivity index (χ1n) is 14.8. The molecule has 2 atom stereocenters. The molecular weight excluding hydrogens is 636 g/mol. The monoisotopic (exact) mass is 666 g/mol. The van der Waals surface area contributed by atoms with Crippen LogP contribution in [-0.2, 0) is 16.9 Å². The van der Waals surface area contributed by atoms with Gasteiger partial charge in [-0.15, -0.1) is 0 Å². The fourth-order valence-corrected chi connectivity index (χ4v) is 6.78. The maximum absolute atomic E-state index is 15.0. The van der Waals surface area contributed by atoms with Crippen LogP contribution in [0.1, 0.15) is 22.7 Å². The molecule has 2 aliphatic rings. The van der Waals surface area contributed by atoms with Crippen molar-refractivity contribution < 1.29 is 32.3 Å². The number of imide groups is 1. The fourth-order valence-electron chi connectivity index (χ4n) is 5.93. The van der Waals surface area contributed by atoms with Gasteiger partial charge in [0.15, 0.2) is 0 Å². The van der Waals surface area contributed by atoms with Gasteiger partial charge in [0, 0.05) is 50.9 Å². The molecule has 2 amide bonds. The van der Waals surface area contributed by atoms with Crippen molar-refractivity contribution in [3.63, 3.8) is 0 Å². The van der Waals surface area contributed by atoms with E-state index in [1.165, 1.54) is 59.8 Å². The van der Waals surface area contributed by atoms with Crippen molar-refractivity contribution in [3.05, 3.63) is 124 Å². The second kappa shape index (κ2) is 13.8. The largest absolute Gasteiger partial charge is 0.382 e. The summed E-state index contributed by atoms with van der Waals surface area (Å²) in [6.45, 7) is 1.61. The van der Waals surface area contributed by atoms with Gasteiger partial charge in [0.05, 0.1) is 17.5 Å². The van der Waals surface area contributed by atoms with Crippen molar-refractivity contribution in [2.45, 2.75) is 18.2 Å². The van der Waals surface area contributed by atoms with Crippen molar-refractivity contribution in [2.24, 2.45) is 0 Å². The number of aliphatic hydroxyl groups is 1. The molecule has 14 heteroatoms. The maximum atomic E-state index is 15.0. The summed E-state index contributed by atoms with van der Waals surface area (Å²) in [5, 5.41) is 15.4. The number of aromatic nitrogens is 3. The van der Waals surface area contributed by atoms with E-state index in [9.17, 15) is 32.3 Å². The van der Waals surface area contributed by atoms with Crippen LogP contribution in [0.4, 0.5) is 22.4 Å². The molecule has 2 unspecified atom stereocenters. The Morgan fingerprint density at radius 2 is 1.53 bits per heavy atom. The first-order chi connectivity index (χ1) is 22.6. The number of thioether (sulfide) groups is 1. The molecule has 1 aromatic heterocycles. The molecule has 0 radical (unpaired) electrons. The van der Waals surface area contributed by atoms with Gasteiger partial charge in [-0.1, -0.05) is 30.3 Å². The molecule has 0 saturated carbocycles. The normalized spacial score (nSPS) is 19.0. The second-order valence-corrected chi connectivity index (χ2v) is 12.5. The van der Waals surface area contributed by atoms with Gasteiger partial charge in [-0.2, -0.15) is 5.10 Å². The molecule has 47 heavy (non-hydrogen) atoms. The van der Waals surface area contributed by atoms with Gasteiger partial charge in [0.2, 0.25) is 0 Å². The van der Waals surface area contributed by atoms with Crippen molar-refractivity contribution >= 4 is 29.0 Å². The van der Waals surface area contributed by atoms with E-state index >= 15 is 0 Å². The molecule has 6 rings (SSSR count). The Morgan fingerprint density at radius 1 is 0.872 bits per heavy atom. The lowest BCUT2D eigenvalue weighted by Gasteiger charge is -2.42. The topological polar surface area (TPSA) is 94.8 Å². The highest BCUT2D eigenvalue weighted by Crippen LogP contribution is 2.35. The van der Waals surface area contributed by atoms with Crippen molar-refractivity contribution in [2.75, 3.05) is 39.3 Å². The minimum atomic E-state index is -1.77. The number of β-amino-alcohol motifs (C(OH)–C–C–N with tert-alkyl or cyclic N) is 1. The number of amides is 2. The number of halogens is 4. The van der Waals surface area contributed by atoms with E-state index in [2.05, 4.69) is 15.0 Å². The van der Waals surface area contributed by atoms with E-state index in [1.54, 1.807) is 18.2 Å². The number of nitrogens with zero attached hydrogens (tertiary/aromatic N) is 6. The Labute approximate surface area is 272 Å². The predicted molar refractivity (Wildman–Crippen MR) is 167 cm³/mol. The molecule has 4 aromatic rings. The highest BCUT2D eigenvalue weighted by Gasteiger charge is 2.40. The SMILES string of the molecule is O=C1S/C(=C\c2ccc(F)cc2)C(=O)N1CC(c1ccc(F)cc1)N1CCN(CC(O)(Cn2cncn2)c2ccc(F)cc2F)CC1. The molecule has 2 aliphatic heterocycles. The molecule has 0 spiro atoms. The average Bonchev–Trinajstić information content (AvgIpc) is 3.64. The van der Waals surface area contributed by atoms with E-state index < -0.39 is 46.1 Å². The van der Waals surface area contributed by atoms with E-state index in [4.69, 9.17) is 0 Å². The van der Waals surface area contributed by atoms with Gasteiger partial charge in [-0.25, -0.2) is 27.2 Å². The lowest BCUT2D eigenvalue weighted by Crippen LogP contribution is -2.54. The van der Waals surface area contributed by atoms with Gasteiger partial charge >= 0.3 is 0 Å². The molecule has 1 N–H and O–H groups in total. The molecule has 244 valence electrons. The summed E-state index contributed by atoms with van der Waals surface area (Å²) in [6, 6.07) is 14.0. The quantitative estimate of drug-likeness (QED) is 0.190. The Hall–Kier alpha value is -4.37. The Bertz CT molecular complexity index is 1770. The first-order valence-corrected chi connectivity index (χ1v) is 15.6. The molecular formula is C33H30F4N6O3S. The highest BCUT2D eigenvalue weighted by molar-refractivity contribution is 8.18. The zero-order chi connectivity index (χ0) is 33.1. The second-order valence-electron chi connectivity index (χ2n) is 11.5. The maximum Gasteiger partial charge on any atom is 0.293 e. The first kappa shape index (κ1) is 32.6. The number of carbonyl (C=O) groups excluding carboxylic acids is 2. The minimum absolute atomic E-state index is 0.00173. The molecule has 0 bridgehead atoms. The van der Waals surface area contributed by atoms with Gasteiger partial charge in [0.1, 0.15) is 41.5 Å². The van der Waals surface area contributed by atoms with Crippen LogP contribution < -0.4 is 0 Å². The third kappa shape index (κ3) is 7.46. The Balaban J connectivity index is 1.19. The van der Waals surface area contributed by atoms with Crippen LogP contribution in [0.25, 0.3) is 6.08 Å². The lowest BCUT2D eigenvalue weighted by molar-refractivity contribution is -0.123. The molecule has 2 fully saturated rings. The van der Waals surface area contributed by atoms with Crippen molar-refractivity contribution in [1.82, 2.24) is 29.5 Å². The standard InChI is InChI=1S/C33H30F4N6O3S/c34-24-5-1-22(2-6-24)15-30-31(44)43(32(45)47-30)17-29(23-3-7-25(35)8-4-23)41-13-11-40(12-14-41)18-33(46,19-42-21-38-20-39-42)27-10-9-26(36)16-28(27)37/h1-10,15-16,20-21,29,46H,11-14,17-19H2/b30-15-. The molecule has 0 aliphatic carbocycles. The molecule has 3 aromatic carbocycles. The van der Waals surface area contributed by atoms with Gasteiger partial charge in [-0.05, 0) is 59.3 Å². The average molecular weight is 667 g/mol. The van der Waals surface area contributed by atoms with E-state index in [0.717, 1.165) is 28.8 Å². The summed E-state index contributed by atoms with van der Waals surface area (Å²) in [4.78, 5) is 35.7. The summed E-state index contributed by atoms with van der Waals surface area (Å²) in [5.41, 5.74) is -0.568. The van der Waals surface area contributed by atoms with Crippen LogP contribution in [0, 0.1) is 23.3 Å². The minimum Gasteiger partial charge on any atom is -0.382 e. The van der Waals surface area contributed by atoms with Crippen LogP contribution >= 0.6 is 11.8 Å². The zero-order valence-electron chi connectivity index (χ0n) is 25.0. The number of piperazine rings is 1. The zero-order valence-corrected chi connectivity index (χ0v) is 25.8. The van der Waals surface area contributed by atoms with Crippen LogP contribution in [0.15, 0.2) is 84.3 Å². The van der Waals surface area contributed by atoms with Crippen LogP contribution in [0.2, 0.25) is 0 Å². The summed E-state index contributed by atoms with van der Waals surface area (Å²) in [5.74, 6) is -2.96. The third-order valence-corrected chi connectivity index (χ3v) is 9.21. The van der Waals surface area contributed by atoms with Crippen molar-refractivity contribution in [3.8, 4) is 0 Å². The van der Waals surface area contributed by atoms with E-state index in [-0.39, 0.29) is 30.1 Å². The van der Waals surface area contributed by atoms with Gasteiger partial charge in [-0.3, -0.25) is 24.3 Å². The number of hydrogen-bond acceptors (Lipinski definition) is 8. The third-order valence-electron chi connectivity index (χ3n) is 8.31. The van der Waals surface area contributed by atoms with Crippen molar-refractivity contribution in [1.29, 1.82) is 0 Å². The molecule has 2 saturated heterocycles. The Kier molecular flexibility index (Phi) is 9.55. The smallest absolute Gasteiger partial charge is 0.293 e. The van der Waals surface area contributed by atoms with Gasteiger partial charge in [0.25, 0.3) is 11.1 Å². The Morgan fingerprint density at radius 3 is 2.17 bits per heavy atom. The van der Waals surface area contributed by atoms with Gasteiger partial charge < -0.3 is 5.11 Å². The summed E-state index contributed by atoms with van der Waals surface area (Å²) in [7, 11) is 0. The lowest BCUT2D eigenvalue weighted by atomic mass is 9.92. The summed E-state index contributed by atoms with van der Waals surface area (Å²) >= 11 is 0.800. The summed E-state index contributed by atoms with van der Waals surface area (Å²) < 4.78 is 57.3. The van der Waals surface area contributed by atoms with E-state index in [1.807, 2.05) is 4.90 Å². The summed E-state index contributed by atoms with van der Waals surface area (Å²) in [6.07, 6.45) is 4.24.